The van der Waals surface area contributed by atoms with Crippen molar-refractivity contribution in [3.8, 4) is 0 Å². The molecule has 1 amide bonds. The average molecular weight is 384 g/mol. The number of carbonyl (C=O) groups excluding carboxylic acids is 1. The van der Waals surface area contributed by atoms with Gasteiger partial charge in [-0.15, -0.1) is 0 Å². The summed E-state index contributed by atoms with van der Waals surface area (Å²) in [6, 6.07) is 24.9. The molecule has 3 nitrogen and oxygen atoms in total. The number of nitrogens with zero attached hydrogens (tertiary/aromatic N) is 2. The molecule has 0 radical (unpaired) electrons. The summed E-state index contributed by atoms with van der Waals surface area (Å²) in [6.07, 6.45) is 1.46. The number of para-hydroxylation sites is 2. The highest BCUT2D eigenvalue weighted by Gasteiger charge is 2.32. The summed E-state index contributed by atoms with van der Waals surface area (Å²) in [5.74, 6) is -0.329. The van der Waals surface area contributed by atoms with E-state index < -0.39 is 0 Å². The SMILES string of the molecule is O=C1c2c(c3cccc(F)c3n2CCc2ccccc2)CCN1c1ccccc1. The maximum Gasteiger partial charge on any atom is 0.275 e. The molecule has 0 aliphatic carbocycles. The first-order chi connectivity index (χ1) is 14.2. The van der Waals surface area contributed by atoms with Gasteiger partial charge in [0.1, 0.15) is 11.5 Å². The summed E-state index contributed by atoms with van der Waals surface area (Å²) in [5, 5.41) is 0.856. The maximum absolute atomic E-state index is 14.9. The molecule has 0 saturated heterocycles. The molecular weight excluding hydrogens is 363 g/mol. The van der Waals surface area contributed by atoms with Gasteiger partial charge in [-0.3, -0.25) is 4.79 Å². The Morgan fingerprint density at radius 1 is 0.862 bits per heavy atom. The number of amides is 1. The Balaban J connectivity index is 1.62. The van der Waals surface area contributed by atoms with Crippen LogP contribution in [0.15, 0.2) is 78.9 Å². The van der Waals surface area contributed by atoms with E-state index in [9.17, 15) is 9.18 Å². The van der Waals surface area contributed by atoms with Gasteiger partial charge >= 0.3 is 0 Å². The molecule has 5 rings (SSSR count). The highest BCUT2D eigenvalue weighted by molar-refractivity contribution is 6.11. The van der Waals surface area contributed by atoms with Crippen LogP contribution in [0, 0.1) is 5.82 Å². The van der Waals surface area contributed by atoms with Crippen LogP contribution in [0.1, 0.15) is 21.6 Å². The molecule has 4 heteroatoms. The molecule has 1 aromatic heterocycles. The quantitative estimate of drug-likeness (QED) is 0.473. The van der Waals surface area contributed by atoms with Crippen molar-refractivity contribution in [2.24, 2.45) is 0 Å². The van der Waals surface area contributed by atoms with E-state index in [1.165, 1.54) is 11.6 Å². The molecule has 0 saturated carbocycles. The van der Waals surface area contributed by atoms with Crippen molar-refractivity contribution in [1.82, 2.24) is 4.57 Å². The number of rotatable bonds is 4. The molecule has 29 heavy (non-hydrogen) atoms. The molecular formula is C25H21FN2O. The van der Waals surface area contributed by atoms with Crippen LogP contribution in [0.25, 0.3) is 10.9 Å². The number of hydrogen-bond donors (Lipinski definition) is 0. The Labute approximate surface area is 169 Å². The second kappa shape index (κ2) is 7.21. The Morgan fingerprint density at radius 3 is 2.34 bits per heavy atom. The minimum atomic E-state index is -0.274. The summed E-state index contributed by atoms with van der Waals surface area (Å²) in [5.41, 5.74) is 4.17. The van der Waals surface area contributed by atoms with Gasteiger partial charge in [0.25, 0.3) is 5.91 Å². The van der Waals surface area contributed by atoms with E-state index in [-0.39, 0.29) is 11.7 Å². The summed E-state index contributed by atoms with van der Waals surface area (Å²) >= 11 is 0. The van der Waals surface area contributed by atoms with Gasteiger partial charge in [-0.1, -0.05) is 60.7 Å². The fourth-order valence-electron chi connectivity index (χ4n) is 4.35. The summed E-state index contributed by atoms with van der Waals surface area (Å²) < 4.78 is 16.8. The molecule has 1 aliphatic rings. The number of anilines is 1. The predicted molar refractivity (Wildman–Crippen MR) is 114 cm³/mol. The van der Waals surface area contributed by atoms with E-state index in [1.54, 1.807) is 11.0 Å². The van der Waals surface area contributed by atoms with Crippen LogP contribution < -0.4 is 4.90 Å². The first kappa shape index (κ1) is 17.7. The van der Waals surface area contributed by atoms with Gasteiger partial charge in [0.2, 0.25) is 0 Å². The lowest BCUT2D eigenvalue weighted by Gasteiger charge is -2.28. The highest BCUT2D eigenvalue weighted by Crippen LogP contribution is 2.34. The van der Waals surface area contributed by atoms with Crippen molar-refractivity contribution in [2.45, 2.75) is 19.4 Å². The van der Waals surface area contributed by atoms with E-state index in [1.807, 2.05) is 59.2 Å². The third-order valence-electron chi connectivity index (χ3n) is 5.71. The zero-order chi connectivity index (χ0) is 19.8. The van der Waals surface area contributed by atoms with Gasteiger partial charge in [-0.05, 0) is 42.2 Å². The number of aryl methyl sites for hydroxylation is 2. The van der Waals surface area contributed by atoms with E-state index >= 15 is 0 Å². The molecule has 4 aromatic rings. The molecule has 0 fully saturated rings. The van der Waals surface area contributed by atoms with Gasteiger partial charge in [0.05, 0.1) is 5.52 Å². The first-order valence-electron chi connectivity index (χ1n) is 9.94. The van der Waals surface area contributed by atoms with Gasteiger partial charge in [0.15, 0.2) is 0 Å². The Bertz CT molecular complexity index is 1180. The van der Waals surface area contributed by atoms with Crippen molar-refractivity contribution < 1.29 is 9.18 Å². The van der Waals surface area contributed by atoms with Crippen molar-refractivity contribution in [3.63, 3.8) is 0 Å². The highest BCUT2D eigenvalue weighted by atomic mass is 19.1. The second-order valence-electron chi connectivity index (χ2n) is 7.39. The molecule has 0 atom stereocenters. The maximum atomic E-state index is 14.9. The van der Waals surface area contributed by atoms with Crippen LogP contribution in [0.4, 0.5) is 10.1 Å². The van der Waals surface area contributed by atoms with Gasteiger partial charge in [-0.25, -0.2) is 4.39 Å². The zero-order valence-corrected chi connectivity index (χ0v) is 16.0. The number of halogens is 1. The summed E-state index contributed by atoms with van der Waals surface area (Å²) in [7, 11) is 0. The van der Waals surface area contributed by atoms with Crippen LogP contribution in [0.5, 0.6) is 0 Å². The standard InChI is InChI=1S/C25H21FN2O/c26-22-13-7-12-20-21-15-17-27(19-10-5-2-6-11-19)25(29)24(21)28(23(20)22)16-14-18-8-3-1-4-9-18/h1-13H,14-17H2. The molecule has 0 bridgehead atoms. The van der Waals surface area contributed by atoms with Crippen molar-refractivity contribution in [2.75, 3.05) is 11.4 Å². The molecule has 2 heterocycles. The van der Waals surface area contributed by atoms with Crippen LogP contribution in [0.3, 0.4) is 0 Å². The average Bonchev–Trinajstić information content (AvgIpc) is 3.10. The second-order valence-corrected chi connectivity index (χ2v) is 7.39. The van der Waals surface area contributed by atoms with E-state index in [0.717, 1.165) is 23.1 Å². The summed E-state index contributed by atoms with van der Waals surface area (Å²) in [4.78, 5) is 15.3. The monoisotopic (exact) mass is 384 g/mol. The number of benzene rings is 3. The number of fused-ring (bicyclic) bond motifs is 3. The number of carbonyl (C=O) groups is 1. The fraction of sp³-hybridized carbons (Fsp3) is 0.160. The normalized spacial score (nSPS) is 13.7. The largest absolute Gasteiger partial charge is 0.334 e. The number of hydrogen-bond acceptors (Lipinski definition) is 1. The van der Waals surface area contributed by atoms with E-state index in [0.29, 0.717) is 30.7 Å². The van der Waals surface area contributed by atoms with Gasteiger partial charge < -0.3 is 9.47 Å². The van der Waals surface area contributed by atoms with Gasteiger partial charge in [0, 0.05) is 24.2 Å². The van der Waals surface area contributed by atoms with Crippen LogP contribution >= 0.6 is 0 Å². The minimum absolute atomic E-state index is 0.0545. The van der Waals surface area contributed by atoms with E-state index in [2.05, 4.69) is 12.1 Å². The molecule has 0 spiro atoms. The van der Waals surface area contributed by atoms with Crippen LogP contribution in [-0.4, -0.2) is 17.0 Å². The van der Waals surface area contributed by atoms with Crippen molar-refractivity contribution >= 4 is 22.5 Å². The lowest BCUT2D eigenvalue weighted by molar-refractivity contribution is 0.0971. The van der Waals surface area contributed by atoms with Crippen molar-refractivity contribution in [1.29, 1.82) is 0 Å². The Kier molecular flexibility index (Phi) is 4.39. The zero-order valence-electron chi connectivity index (χ0n) is 16.0. The molecule has 0 N–H and O–H groups in total. The lowest BCUT2D eigenvalue weighted by atomic mass is 10.0. The Morgan fingerprint density at radius 2 is 1.59 bits per heavy atom. The first-order valence-corrected chi connectivity index (χ1v) is 9.94. The summed E-state index contributed by atoms with van der Waals surface area (Å²) in [6.45, 7) is 1.16. The smallest absolute Gasteiger partial charge is 0.275 e. The van der Waals surface area contributed by atoms with E-state index in [4.69, 9.17) is 0 Å². The topological polar surface area (TPSA) is 25.2 Å². The van der Waals surface area contributed by atoms with Crippen molar-refractivity contribution in [3.05, 3.63) is 102 Å². The Hall–Kier alpha value is -3.40. The van der Waals surface area contributed by atoms with Crippen LogP contribution in [0.2, 0.25) is 0 Å². The third kappa shape index (κ3) is 3.01. The minimum Gasteiger partial charge on any atom is -0.334 e. The predicted octanol–water partition coefficient (Wildman–Crippen LogP) is 5.23. The molecule has 1 aliphatic heterocycles. The third-order valence-corrected chi connectivity index (χ3v) is 5.71. The number of aromatic nitrogens is 1. The molecule has 3 aromatic carbocycles. The van der Waals surface area contributed by atoms with Gasteiger partial charge in [-0.2, -0.15) is 0 Å². The molecule has 0 unspecified atom stereocenters. The fourth-order valence-corrected chi connectivity index (χ4v) is 4.35. The lowest BCUT2D eigenvalue weighted by Crippen LogP contribution is -2.38. The molecule has 144 valence electrons. The van der Waals surface area contributed by atoms with Crippen LogP contribution in [-0.2, 0) is 19.4 Å².